The molecule has 2 heteroatoms. The van der Waals surface area contributed by atoms with E-state index in [1.807, 2.05) is 37.3 Å². The maximum absolute atomic E-state index is 4.52. The van der Waals surface area contributed by atoms with Gasteiger partial charge >= 0.3 is 0 Å². The van der Waals surface area contributed by atoms with Gasteiger partial charge in [0, 0.05) is 16.8 Å². The zero-order valence-corrected chi connectivity index (χ0v) is 19.7. The fraction of sp³-hybridized carbons (Fsp3) is 0.286. The largest absolute Gasteiger partial charge is 0.343 e. The average Bonchev–Trinajstić information content (AvgIpc) is 3.02. The molecule has 0 amide bonds. The second kappa shape index (κ2) is 9.06. The Morgan fingerprint density at radius 2 is 2.00 bits per heavy atom. The molecule has 0 radical (unpaired) electrons. The van der Waals surface area contributed by atoms with Gasteiger partial charge in [-0.15, -0.1) is 11.3 Å². The normalized spacial score (nSPS) is 19.5. The van der Waals surface area contributed by atoms with E-state index in [4.69, 9.17) is 0 Å². The van der Waals surface area contributed by atoms with E-state index in [0.717, 1.165) is 41.6 Å². The highest BCUT2D eigenvalue weighted by molar-refractivity contribution is 7.11. The first-order chi connectivity index (χ1) is 14.3. The summed E-state index contributed by atoms with van der Waals surface area (Å²) < 4.78 is 1.28. The molecule has 1 nitrogen and oxygen atoms in total. The number of allylic oxidation sites excluding steroid dienone is 9. The Morgan fingerprint density at radius 3 is 2.63 bits per heavy atom. The number of fused-ring (bicyclic) bond motifs is 3. The Hall–Kier alpha value is -2.58. The van der Waals surface area contributed by atoms with Gasteiger partial charge in [-0.3, -0.25) is 0 Å². The topological polar surface area (TPSA) is 3.24 Å². The summed E-state index contributed by atoms with van der Waals surface area (Å²) in [6.45, 7) is 25.9. The molecule has 1 aromatic heterocycles. The first kappa shape index (κ1) is 22.1. The van der Waals surface area contributed by atoms with Crippen LogP contribution in [0.2, 0.25) is 0 Å². The van der Waals surface area contributed by atoms with Crippen molar-refractivity contribution in [1.29, 1.82) is 0 Å². The molecule has 0 saturated heterocycles. The van der Waals surface area contributed by atoms with Crippen LogP contribution in [-0.4, -0.2) is 10.9 Å². The Kier molecular flexibility index (Phi) is 6.67. The maximum atomic E-state index is 4.52. The lowest BCUT2D eigenvalue weighted by Gasteiger charge is -2.38. The van der Waals surface area contributed by atoms with E-state index < -0.39 is 0 Å². The molecule has 0 N–H and O–H groups in total. The first-order valence-electron chi connectivity index (χ1n) is 10.7. The van der Waals surface area contributed by atoms with Crippen LogP contribution in [0.3, 0.4) is 0 Å². The molecule has 0 fully saturated rings. The van der Waals surface area contributed by atoms with E-state index in [1.165, 1.54) is 31.5 Å². The molecule has 156 valence electrons. The van der Waals surface area contributed by atoms with Gasteiger partial charge in [-0.1, -0.05) is 64.0 Å². The third-order valence-corrected chi connectivity index (χ3v) is 7.11. The second-order valence-corrected chi connectivity index (χ2v) is 9.22. The molecule has 1 unspecified atom stereocenters. The lowest BCUT2D eigenvalue weighted by molar-refractivity contribution is 0.390. The van der Waals surface area contributed by atoms with Crippen molar-refractivity contribution in [1.82, 2.24) is 4.90 Å². The van der Waals surface area contributed by atoms with Crippen molar-refractivity contribution < 1.29 is 0 Å². The van der Waals surface area contributed by atoms with Crippen LogP contribution in [-0.2, 0) is 6.42 Å². The van der Waals surface area contributed by atoms with Crippen LogP contribution in [0.5, 0.6) is 0 Å². The lowest BCUT2D eigenvalue weighted by atomic mass is 9.91. The van der Waals surface area contributed by atoms with Gasteiger partial charge in [-0.2, -0.15) is 0 Å². The molecule has 3 heterocycles. The summed E-state index contributed by atoms with van der Waals surface area (Å²) in [5.41, 5.74) is 8.24. The molecule has 0 aromatic carbocycles. The summed E-state index contributed by atoms with van der Waals surface area (Å²) in [4.78, 5) is 3.71. The van der Waals surface area contributed by atoms with Crippen molar-refractivity contribution >= 4 is 29.2 Å². The Balaban J connectivity index is 2.19. The van der Waals surface area contributed by atoms with Gasteiger partial charge in [0.15, 0.2) is 0 Å². The summed E-state index contributed by atoms with van der Waals surface area (Å²) >= 11 is 1.86. The van der Waals surface area contributed by atoms with Crippen molar-refractivity contribution in [3.05, 3.63) is 98.8 Å². The van der Waals surface area contributed by atoms with Crippen molar-refractivity contribution in [3.63, 3.8) is 0 Å². The smallest absolute Gasteiger partial charge is 0.0593 e. The minimum Gasteiger partial charge on any atom is -0.343 e. The summed E-state index contributed by atoms with van der Waals surface area (Å²) in [7, 11) is 0. The van der Waals surface area contributed by atoms with Crippen molar-refractivity contribution in [3.8, 4) is 0 Å². The average molecular weight is 416 g/mol. The predicted octanol–water partition coefficient (Wildman–Crippen LogP) is 6.42. The van der Waals surface area contributed by atoms with Crippen LogP contribution in [0.25, 0.3) is 17.8 Å². The van der Waals surface area contributed by atoms with Gasteiger partial charge < -0.3 is 4.90 Å². The maximum Gasteiger partial charge on any atom is 0.0593 e. The zero-order chi connectivity index (χ0) is 22.0. The molecule has 1 atom stereocenters. The number of hydrogen-bond acceptors (Lipinski definition) is 2. The standard InChI is InChI=1S/C28H33NS/c1-9-11-12-14-19(5)23(13-10-2)27-22(8)24-16-21(7)29-17-25(18(3)4)20(6)15-26(29)28(24)30-27/h9,11-12,14-15,17,21H,3,5-6,8,10,13,16H2,1-2,4,7H3/b11-9-,14-12-,27-23-. The lowest BCUT2D eigenvalue weighted by Crippen LogP contribution is -2.37. The second-order valence-electron chi connectivity index (χ2n) is 8.19. The summed E-state index contributed by atoms with van der Waals surface area (Å²) in [5.74, 6) is 0. The van der Waals surface area contributed by atoms with E-state index in [-0.39, 0.29) is 0 Å². The van der Waals surface area contributed by atoms with Gasteiger partial charge in [0.2, 0.25) is 0 Å². The Morgan fingerprint density at radius 1 is 1.27 bits per heavy atom. The minimum atomic E-state index is 0.376. The predicted molar refractivity (Wildman–Crippen MR) is 136 cm³/mol. The van der Waals surface area contributed by atoms with E-state index in [0.29, 0.717) is 6.04 Å². The molecular weight excluding hydrogens is 382 g/mol. The molecule has 2 aliphatic heterocycles. The van der Waals surface area contributed by atoms with E-state index in [2.05, 4.69) is 69.5 Å². The van der Waals surface area contributed by atoms with Crippen LogP contribution in [0.1, 0.15) is 51.0 Å². The highest BCUT2D eigenvalue weighted by Crippen LogP contribution is 2.39. The Labute approximate surface area is 185 Å². The summed E-state index contributed by atoms with van der Waals surface area (Å²) in [6, 6.07) is 0.376. The monoisotopic (exact) mass is 415 g/mol. The zero-order valence-electron chi connectivity index (χ0n) is 18.8. The van der Waals surface area contributed by atoms with Crippen molar-refractivity contribution in [2.45, 2.75) is 53.0 Å². The van der Waals surface area contributed by atoms with Gasteiger partial charge in [0.05, 0.1) is 10.6 Å². The third kappa shape index (κ3) is 4.02. The minimum absolute atomic E-state index is 0.376. The van der Waals surface area contributed by atoms with Crippen molar-refractivity contribution in [2.24, 2.45) is 0 Å². The molecule has 30 heavy (non-hydrogen) atoms. The quantitative estimate of drug-likeness (QED) is 0.485. The molecule has 0 spiro atoms. The first-order valence-corrected chi connectivity index (χ1v) is 11.5. The number of rotatable bonds is 6. The molecule has 0 aliphatic carbocycles. The third-order valence-electron chi connectivity index (χ3n) is 5.75. The highest BCUT2D eigenvalue weighted by atomic mass is 32.1. The van der Waals surface area contributed by atoms with E-state index >= 15 is 0 Å². The van der Waals surface area contributed by atoms with E-state index in [1.54, 1.807) is 0 Å². The fourth-order valence-electron chi connectivity index (χ4n) is 4.15. The SMILES string of the molecule is C=C(C)C1=CN2C(=CC1=C)c1s/c(=C(/CCC)C(=C)/C=C\C=C/C)c(=C)c1CC2C. The molecule has 3 rings (SSSR count). The summed E-state index contributed by atoms with van der Waals surface area (Å²) in [5, 5.41) is 1.17. The number of thiophene rings is 1. The molecule has 0 bridgehead atoms. The van der Waals surface area contributed by atoms with Crippen LogP contribution in [0, 0.1) is 0 Å². The van der Waals surface area contributed by atoms with Crippen LogP contribution >= 0.6 is 11.3 Å². The van der Waals surface area contributed by atoms with Gasteiger partial charge in [-0.25, -0.2) is 0 Å². The van der Waals surface area contributed by atoms with Crippen LogP contribution in [0.4, 0.5) is 0 Å². The van der Waals surface area contributed by atoms with Crippen LogP contribution < -0.4 is 9.75 Å². The van der Waals surface area contributed by atoms with Crippen molar-refractivity contribution in [2.75, 3.05) is 0 Å². The number of hydrogen-bond donors (Lipinski definition) is 0. The Bertz CT molecular complexity index is 1130. The summed E-state index contributed by atoms with van der Waals surface area (Å²) in [6.07, 6.45) is 15.8. The fourth-order valence-corrected chi connectivity index (χ4v) is 5.56. The van der Waals surface area contributed by atoms with Crippen LogP contribution in [0.15, 0.2) is 78.6 Å². The number of nitrogens with zero attached hydrogens (tertiary/aromatic N) is 1. The van der Waals surface area contributed by atoms with E-state index in [9.17, 15) is 0 Å². The molecule has 1 aromatic rings. The van der Waals surface area contributed by atoms with Gasteiger partial charge in [-0.05, 0) is 78.3 Å². The molecular formula is C28H33NS. The molecule has 2 aliphatic rings. The van der Waals surface area contributed by atoms with Gasteiger partial charge in [0.25, 0.3) is 0 Å². The van der Waals surface area contributed by atoms with Gasteiger partial charge in [0.1, 0.15) is 0 Å². The highest BCUT2D eigenvalue weighted by Gasteiger charge is 2.31. The molecule has 0 saturated carbocycles.